The molecule has 0 saturated carbocycles. The maximum absolute atomic E-state index is 12.4. The maximum Gasteiger partial charge on any atom is 0.267 e. The highest BCUT2D eigenvalue weighted by Crippen LogP contribution is 2.26. The molecule has 4 rings (SSSR count). The zero-order chi connectivity index (χ0) is 16.5. The Labute approximate surface area is 146 Å². The lowest BCUT2D eigenvalue weighted by Gasteiger charge is -2.07. The standard InChI is InChI=1S/C17H13N3O2S2/c21-15(13-10-18-17-20(16(13)22)7-9-24-17)19-12-5-3-11(4-6-12)14-2-1-8-23-14/h1-6,8,10H,7,9H2,(H,19,21). The van der Waals surface area contributed by atoms with Crippen LogP contribution < -0.4 is 10.9 Å². The lowest BCUT2D eigenvalue weighted by Crippen LogP contribution is -2.29. The summed E-state index contributed by atoms with van der Waals surface area (Å²) in [5, 5.41) is 5.47. The van der Waals surface area contributed by atoms with E-state index in [2.05, 4.69) is 10.3 Å². The second kappa shape index (κ2) is 6.26. The van der Waals surface area contributed by atoms with Crippen molar-refractivity contribution in [2.75, 3.05) is 11.1 Å². The number of carbonyl (C=O) groups excluding carboxylic acids is 1. The van der Waals surface area contributed by atoms with Gasteiger partial charge in [0.05, 0.1) is 0 Å². The first-order valence-electron chi connectivity index (χ1n) is 7.40. The van der Waals surface area contributed by atoms with Crippen molar-refractivity contribution in [3.05, 3.63) is 63.9 Å². The summed E-state index contributed by atoms with van der Waals surface area (Å²) in [5.74, 6) is 0.390. The van der Waals surface area contributed by atoms with Gasteiger partial charge in [-0.25, -0.2) is 4.98 Å². The molecule has 3 heterocycles. The summed E-state index contributed by atoms with van der Waals surface area (Å²) in [4.78, 5) is 30.1. The molecule has 2 aromatic heterocycles. The summed E-state index contributed by atoms with van der Waals surface area (Å²) < 4.78 is 1.56. The Morgan fingerprint density at radius 3 is 2.79 bits per heavy atom. The van der Waals surface area contributed by atoms with Crippen molar-refractivity contribution in [1.82, 2.24) is 9.55 Å². The van der Waals surface area contributed by atoms with Crippen LogP contribution in [-0.4, -0.2) is 21.2 Å². The lowest BCUT2D eigenvalue weighted by atomic mass is 10.1. The van der Waals surface area contributed by atoms with Gasteiger partial charge in [-0.3, -0.25) is 14.2 Å². The second-order valence-corrected chi connectivity index (χ2v) is 7.28. The van der Waals surface area contributed by atoms with E-state index in [1.807, 2.05) is 41.8 Å². The fourth-order valence-corrected chi connectivity index (χ4v) is 4.18. The van der Waals surface area contributed by atoms with Crippen molar-refractivity contribution >= 4 is 34.7 Å². The Morgan fingerprint density at radius 2 is 2.04 bits per heavy atom. The number of rotatable bonds is 3. The van der Waals surface area contributed by atoms with E-state index in [-0.39, 0.29) is 11.1 Å². The van der Waals surface area contributed by atoms with E-state index in [9.17, 15) is 9.59 Å². The van der Waals surface area contributed by atoms with Gasteiger partial charge >= 0.3 is 0 Å². The molecule has 0 unspecified atom stereocenters. The molecule has 0 spiro atoms. The average Bonchev–Trinajstić information content (AvgIpc) is 3.27. The third-order valence-corrected chi connectivity index (χ3v) is 5.64. The largest absolute Gasteiger partial charge is 0.322 e. The highest BCUT2D eigenvalue weighted by Gasteiger charge is 2.20. The Morgan fingerprint density at radius 1 is 1.21 bits per heavy atom. The van der Waals surface area contributed by atoms with E-state index in [1.165, 1.54) is 22.8 Å². The highest BCUT2D eigenvalue weighted by molar-refractivity contribution is 7.99. The Bertz CT molecular complexity index is 947. The molecule has 120 valence electrons. The van der Waals surface area contributed by atoms with Gasteiger partial charge in [0.15, 0.2) is 5.16 Å². The van der Waals surface area contributed by atoms with Gasteiger partial charge < -0.3 is 5.32 Å². The summed E-state index contributed by atoms with van der Waals surface area (Å²) in [6.45, 7) is 0.600. The Balaban J connectivity index is 1.55. The number of thioether (sulfide) groups is 1. The predicted octanol–water partition coefficient (Wildman–Crippen LogP) is 3.33. The average molecular weight is 355 g/mol. The lowest BCUT2D eigenvalue weighted by molar-refractivity contribution is 0.102. The van der Waals surface area contributed by atoms with Gasteiger partial charge in [0.2, 0.25) is 0 Å². The van der Waals surface area contributed by atoms with Crippen LogP contribution in [0.3, 0.4) is 0 Å². The molecular weight excluding hydrogens is 342 g/mol. The third kappa shape index (κ3) is 2.76. The molecule has 7 heteroatoms. The molecule has 1 amide bonds. The number of nitrogens with zero attached hydrogens (tertiary/aromatic N) is 2. The number of benzene rings is 1. The number of hydrogen-bond acceptors (Lipinski definition) is 5. The Hall–Kier alpha value is -2.38. The molecule has 5 nitrogen and oxygen atoms in total. The minimum absolute atomic E-state index is 0.0728. The van der Waals surface area contributed by atoms with Gasteiger partial charge in [0.1, 0.15) is 5.56 Å². The first-order chi connectivity index (χ1) is 11.7. The van der Waals surface area contributed by atoms with Crippen LogP contribution in [0.25, 0.3) is 10.4 Å². The molecule has 0 atom stereocenters. The zero-order valence-electron chi connectivity index (χ0n) is 12.6. The number of anilines is 1. The van der Waals surface area contributed by atoms with Crippen LogP contribution in [0.2, 0.25) is 0 Å². The SMILES string of the molecule is O=C(Nc1ccc(-c2cccs2)cc1)c1cnc2n(c1=O)CCS2. The molecule has 1 N–H and O–H groups in total. The third-order valence-electron chi connectivity index (χ3n) is 3.75. The number of amides is 1. The zero-order valence-corrected chi connectivity index (χ0v) is 14.2. The molecule has 1 aliphatic heterocycles. The Kier molecular flexibility index (Phi) is 3.95. The summed E-state index contributed by atoms with van der Waals surface area (Å²) in [7, 11) is 0. The van der Waals surface area contributed by atoms with Crippen LogP contribution >= 0.6 is 23.1 Å². The number of aromatic nitrogens is 2. The monoisotopic (exact) mass is 355 g/mol. The van der Waals surface area contributed by atoms with Crippen molar-refractivity contribution in [2.24, 2.45) is 0 Å². The molecule has 0 saturated heterocycles. The molecule has 1 aromatic carbocycles. The van der Waals surface area contributed by atoms with Crippen molar-refractivity contribution in [3.63, 3.8) is 0 Å². The fourth-order valence-electron chi connectivity index (χ4n) is 2.53. The molecule has 0 fully saturated rings. The van der Waals surface area contributed by atoms with E-state index >= 15 is 0 Å². The van der Waals surface area contributed by atoms with Crippen molar-refractivity contribution in [1.29, 1.82) is 0 Å². The second-order valence-electron chi connectivity index (χ2n) is 5.27. The first-order valence-corrected chi connectivity index (χ1v) is 9.27. The number of hydrogen-bond donors (Lipinski definition) is 1. The van der Waals surface area contributed by atoms with E-state index in [0.29, 0.717) is 17.4 Å². The topological polar surface area (TPSA) is 64.0 Å². The van der Waals surface area contributed by atoms with E-state index in [4.69, 9.17) is 0 Å². The number of fused-ring (bicyclic) bond motifs is 1. The van der Waals surface area contributed by atoms with Gasteiger partial charge in [-0.05, 0) is 29.1 Å². The molecular formula is C17H13N3O2S2. The van der Waals surface area contributed by atoms with Crippen LogP contribution in [-0.2, 0) is 6.54 Å². The number of carbonyl (C=O) groups is 1. The maximum atomic E-state index is 12.4. The van der Waals surface area contributed by atoms with E-state index in [0.717, 1.165) is 11.3 Å². The van der Waals surface area contributed by atoms with Crippen LogP contribution in [0.5, 0.6) is 0 Å². The van der Waals surface area contributed by atoms with Crippen LogP contribution in [0.4, 0.5) is 5.69 Å². The molecule has 3 aromatic rings. The normalized spacial score (nSPS) is 12.8. The van der Waals surface area contributed by atoms with E-state index < -0.39 is 5.91 Å². The minimum Gasteiger partial charge on any atom is -0.322 e. The van der Waals surface area contributed by atoms with Crippen molar-refractivity contribution in [3.8, 4) is 10.4 Å². The smallest absolute Gasteiger partial charge is 0.267 e. The van der Waals surface area contributed by atoms with Gasteiger partial charge in [0.25, 0.3) is 11.5 Å². The first kappa shape index (κ1) is 15.2. The summed E-state index contributed by atoms with van der Waals surface area (Å²) >= 11 is 3.19. The minimum atomic E-state index is -0.427. The van der Waals surface area contributed by atoms with Gasteiger partial charge in [-0.15, -0.1) is 11.3 Å². The highest BCUT2D eigenvalue weighted by atomic mass is 32.2. The summed E-state index contributed by atoms with van der Waals surface area (Å²) in [6, 6.07) is 11.6. The van der Waals surface area contributed by atoms with Crippen LogP contribution in [0.15, 0.2) is 57.9 Å². The van der Waals surface area contributed by atoms with Crippen molar-refractivity contribution < 1.29 is 4.79 Å². The summed E-state index contributed by atoms with van der Waals surface area (Å²) in [5.41, 5.74) is 1.54. The van der Waals surface area contributed by atoms with Gasteiger partial charge in [-0.1, -0.05) is 30.0 Å². The van der Waals surface area contributed by atoms with Crippen LogP contribution in [0, 0.1) is 0 Å². The van der Waals surface area contributed by atoms with Crippen LogP contribution in [0.1, 0.15) is 10.4 Å². The molecule has 1 aliphatic rings. The number of nitrogens with one attached hydrogen (secondary N) is 1. The predicted molar refractivity (Wildman–Crippen MR) is 96.9 cm³/mol. The van der Waals surface area contributed by atoms with Gasteiger partial charge in [0, 0.05) is 29.1 Å². The number of thiophene rings is 1. The fraction of sp³-hybridized carbons (Fsp3) is 0.118. The van der Waals surface area contributed by atoms with Crippen molar-refractivity contribution in [2.45, 2.75) is 11.7 Å². The molecule has 0 aliphatic carbocycles. The summed E-state index contributed by atoms with van der Waals surface area (Å²) in [6.07, 6.45) is 1.36. The quantitative estimate of drug-likeness (QED) is 0.732. The molecule has 24 heavy (non-hydrogen) atoms. The molecule has 0 radical (unpaired) electrons. The molecule has 0 bridgehead atoms. The van der Waals surface area contributed by atoms with E-state index in [1.54, 1.807) is 15.9 Å². The van der Waals surface area contributed by atoms with Gasteiger partial charge in [-0.2, -0.15) is 0 Å².